The van der Waals surface area contributed by atoms with E-state index in [0.29, 0.717) is 17.0 Å². The molecule has 1 heterocycles. The minimum atomic E-state index is -0.566. The maximum atomic E-state index is 11.8. The highest BCUT2D eigenvalue weighted by atomic mass is 16.5. The molecule has 0 fully saturated rings. The van der Waals surface area contributed by atoms with Crippen LogP contribution in [0.1, 0.15) is 6.92 Å². The number of fused-ring (bicyclic) bond motifs is 1. The van der Waals surface area contributed by atoms with E-state index in [0.717, 1.165) is 5.39 Å². The fourth-order valence-corrected chi connectivity index (χ4v) is 1.87. The van der Waals surface area contributed by atoms with Crippen LogP contribution in [0.25, 0.3) is 10.9 Å². The lowest BCUT2D eigenvalue weighted by molar-refractivity contribution is -0.135. The van der Waals surface area contributed by atoms with Crippen molar-refractivity contribution in [2.45, 2.75) is 13.0 Å². The number of nitrogens with two attached hydrogens (primary N) is 1. The van der Waals surface area contributed by atoms with Gasteiger partial charge < -0.3 is 15.4 Å². The quantitative estimate of drug-likeness (QED) is 0.851. The number of amides is 1. The average Bonchev–Trinajstić information content (AvgIpc) is 2.41. The highest BCUT2D eigenvalue weighted by Gasteiger charge is 2.18. The van der Waals surface area contributed by atoms with Crippen molar-refractivity contribution < 1.29 is 9.53 Å². The van der Waals surface area contributed by atoms with Gasteiger partial charge in [0.2, 0.25) is 0 Å². The molecule has 0 bridgehead atoms. The number of benzene rings is 1. The Kier molecular flexibility index (Phi) is 3.55. The van der Waals surface area contributed by atoms with Crippen LogP contribution in [-0.2, 0) is 4.79 Å². The Morgan fingerprint density at radius 3 is 2.79 bits per heavy atom. The summed E-state index contributed by atoms with van der Waals surface area (Å²) in [5.74, 6) is 0.466. The summed E-state index contributed by atoms with van der Waals surface area (Å²) in [6, 6.07) is 7.19. The van der Waals surface area contributed by atoms with Gasteiger partial charge in [-0.05, 0) is 31.2 Å². The zero-order valence-corrected chi connectivity index (χ0v) is 11.3. The molecule has 0 saturated heterocycles. The first kappa shape index (κ1) is 13.1. The van der Waals surface area contributed by atoms with E-state index < -0.39 is 6.10 Å². The van der Waals surface area contributed by atoms with E-state index in [4.69, 9.17) is 10.5 Å². The van der Waals surface area contributed by atoms with Gasteiger partial charge in [-0.25, -0.2) is 0 Å². The summed E-state index contributed by atoms with van der Waals surface area (Å²) in [5.41, 5.74) is 7.20. The Labute approximate surface area is 112 Å². The van der Waals surface area contributed by atoms with Crippen LogP contribution >= 0.6 is 0 Å². The van der Waals surface area contributed by atoms with Crippen molar-refractivity contribution in [1.82, 2.24) is 9.88 Å². The minimum Gasteiger partial charge on any atom is -0.479 e. The van der Waals surface area contributed by atoms with Crippen LogP contribution in [-0.4, -0.2) is 36.0 Å². The zero-order chi connectivity index (χ0) is 14.0. The summed E-state index contributed by atoms with van der Waals surface area (Å²) in [4.78, 5) is 17.6. The summed E-state index contributed by atoms with van der Waals surface area (Å²) in [7, 11) is 3.39. The van der Waals surface area contributed by atoms with Gasteiger partial charge in [0.25, 0.3) is 5.91 Å². The number of anilines is 1. The van der Waals surface area contributed by atoms with Gasteiger partial charge in [-0.3, -0.25) is 9.78 Å². The molecule has 2 rings (SSSR count). The van der Waals surface area contributed by atoms with E-state index in [2.05, 4.69) is 4.98 Å². The first-order valence-electron chi connectivity index (χ1n) is 6.01. The lowest BCUT2D eigenvalue weighted by Gasteiger charge is -2.19. The Morgan fingerprint density at radius 1 is 1.37 bits per heavy atom. The molecule has 2 N–H and O–H groups in total. The number of carbonyl (C=O) groups excluding carboxylic acids is 1. The van der Waals surface area contributed by atoms with Gasteiger partial charge in [-0.1, -0.05) is 0 Å². The van der Waals surface area contributed by atoms with Crippen molar-refractivity contribution in [3.05, 3.63) is 30.5 Å². The third-order valence-electron chi connectivity index (χ3n) is 2.86. The third kappa shape index (κ3) is 2.59. The molecule has 0 spiro atoms. The maximum absolute atomic E-state index is 11.8. The van der Waals surface area contributed by atoms with Crippen LogP contribution in [0.4, 0.5) is 5.69 Å². The molecule has 1 amide bonds. The molecule has 0 aliphatic carbocycles. The number of pyridine rings is 1. The maximum Gasteiger partial charge on any atom is 0.262 e. The lowest BCUT2D eigenvalue weighted by atomic mass is 10.1. The fourth-order valence-electron chi connectivity index (χ4n) is 1.87. The first-order valence-corrected chi connectivity index (χ1v) is 6.01. The third-order valence-corrected chi connectivity index (χ3v) is 2.86. The number of likely N-dealkylation sites (N-methyl/N-ethyl adjacent to an activating group) is 1. The number of rotatable bonds is 3. The zero-order valence-electron chi connectivity index (χ0n) is 11.3. The fraction of sp³-hybridized carbons (Fsp3) is 0.286. The molecule has 1 atom stereocenters. The van der Waals surface area contributed by atoms with Crippen molar-refractivity contribution in [3.63, 3.8) is 0 Å². The molecule has 1 aromatic carbocycles. The molecule has 0 aliphatic heterocycles. The van der Waals surface area contributed by atoms with Crippen molar-refractivity contribution in [3.8, 4) is 5.75 Å². The van der Waals surface area contributed by atoms with E-state index in [1.807, 2.05) is 12.1 Å². The normalized spacial score (nSPS) is 12.2. The van der Waals surface area contributed by atoms with Crippen LogP contribution in [0.2, 0.25) is 0 Å². The van der Waals surface area contributed by atoms with Crippen LogP contribution in [0.5, 0.6) is 5.75 Å². The number of aromatic nitrogens is 1. The lowest BCUT2D eigenvalue weighted by Crippen LogP contribution is -2.35. The molecule has 0 radical (unpaired) electrons. The van der Waals surface area contributed by atoms with Gasteiger partial charge in [0.05, 0.1) is 0 Å². The molecular weight excluding hydrogens is 242 g/mol. The van der Waals surface area contributed by atoms with Gasteiger partial charge in [0.1, 0.15) is 11.3 Å². The number of nitrogens with zero attached hydrogens (tertiary/aromatic N) is 2. The van der Waals surface area contributed by atoms with Gasteiger partial charge in [-0.15, -0.1) is 0 Å². The largest absolute Gasteiger partial charge is 0.479 e. The Hall–Kier alpha value is -2.30. The van der Waals surface area contributed by atoms with Gasteiger partial charge >= 0.3 is 0 Å². The standard InChI is InChI=1S/C14H17N3O2/c1-9(14(18)17(2)3)19-12-7-6-11(15)10-5-4-8-16-13(10)12/h4-9H,15H2,1-3H3. The molecule has 5 heteroatoms. The highest BCUT2D eigenvalue weighted by molar-refractivity contribution is 5.94. The number of ether oxygens (including phenoxy) is 1. The molecule has 100 valence electrons. The summed E-state index contributed by atoms with van der Waals surface area (Å²) in [5, 5.41) is 0.824. The smallest absolute Gasteiger partial charge is 0.262 e. The molecular formula is C14H17N3O2. The topological polar surface area (TPSA) is 68.5 Å². The van der Waals surface area contributed by atoms with E-state index >= 15 is 0 Å². The predicted octanol–water partition coefficient (Wildman–Crippen LogP) is 1.67. The number of nitrogen functional groups attached to an aromatic ring is 1. The van der Waals surface area contributed by atoms with E-state index in [1.165, 1.54) is 4.90 Å². The van der Waals surface area contributed by atoms with Crippen LogP contribution < -0.4 is 10.5 Å². The number of carbonyl (C=O) groups is 1. The number of hydrogen-bond acceptors (Lipinski definition) is 4. The number of hydrogen-bond donors (Lipinski definition) is 1. The second-order valence-corrected chi connectivity index (χ2v) is 4.55. The molecule has 1 unspecified atom stereocenters. The first-order chi connectivity index (χ1) is 9.00. The van der Waals surface area contributed by atoms with Crippen LogP contribution in [0.15, 0.2) is 30.5 Å². The SMILES string of the molecule is CC(Oc1ccc(N)c2cccnc12)C(=O)N(C)C. The molecule has 5 nitrogen and oxygen atoms in total. The Balaban J connectivity index is 2.36. The van der Waals surface area contributed by atoms with Crippen molar-refractivity contribution in [2.24, 2.45) is 0 Å². The molecule has 0 saturated carbocycles. The van der Waals surface area contributed by atoms with Crippen LogP contribution in [0.3, 0.4) is 0 Å². The summed E-state index contributed by atoms with van der Waals surface area (Å²) < 4.78 is 5.70. The van der Waals surface area contributed by atoms with Crippen LogP contribution in [0, 0.1) is 0 Å². The van der Waals surface area contributed by atoms with E-state index in [1.54, 1.807) is 39.3 Å². The van der Waals surface area contributed by atoms with E-state index in [-0.39, 0.29) is 5.91 Å². The summed E-state index contributed by atoms with van der Waals surface area (Å²) in [6.07, 6.45) is 1.11. The Bertz CT molecular complexity index is 611. The van der Waals surface area contributed by atoms with Crippen molar-refractivity contribution in [1.29, 1.82) is 0 Å². The molecule has 1 aromatic heterocycles. The predicted molar refractivity (Wildman–Crippen MR) is 74.9 cm³/mol. The van der Waals surface area contributed by atoms with Crippen molar-refractivity contribution in [2.75, 3.05) is 19.8 Å². The molecule has 19 heavy (non-hydrogen) atoms. The monoisotopic (exact) mass is 259 g/mol. The average molecular weight is 259 g/mol. The summed E-state index contributed by atoms with van der Waals surface area (Å²) >= 11 is 0. The summed E-state index contributed by atoms with van der Waals surface area (Å²) in [6.45, 7) is 1.72. The second-order valence-electron chi connectivity index (χ2n) is 4.55. The van der Waals surface area contributed by atoms with Gasteiger partial charge in [0, 0.05) is 31.4 Å². The minimum absolute atomic E-state index is 0.0964. The second kappa shape index (κ2) is 5.14. The van der Waals surface area contributed by atoms with Gasteiger partial charge in [-0.2, -0.15) is 0 Å². The van der Waals surface area contributed by atoms with Crippen molar-refractivity contribution >= 4 is 22.5 Å². The van der Waals surface area contributed by atoms with Gasteiger partial charge in [0.15, 0.2) is 6.10 Å². The molecule has 0 aliphatic rings. The molecule has 2 aromatic rings. The Morgan fingerprint density at radius 2 is 2.11 bits per heavy atom. The van der Waals surface area contributed by atoms with E-state index in [9.17, 15) is 4.79 Å². The highest BCUT2D eigenvalue weighted by Crippen LogP contribution is 2.28.